The first-order valence-corrected chi connectivity index (χ1v) is 6.87. The Bertz CT molecular complexity index is 480. The highest BCUT2D eigenvalue weighted by molar-refractivity contribution is 5.52. The normalized spacial score (nSPS) is 19.8. The van der Waals surface area contributed by atoms with E-state index in [1.165, 1.54) is 13.0 Å². The molecule has 0 spiro atoms. The maximum Gasteiger partial charge on any atom is 0.416 e. The average Bonchev–Trinajstić information content (AvgIpc) is 2.49. The molecular weight excluding hydrogens is 265 g/mol. The second-order valence-electron chi connectivity index (χ2n) is 6.08. The first kappa shape index (κ1) is 15.2. The van der Waals surface area contributed by atoms with Crippen LogP contribution in [-0.4, -0.2) is 25.2 Å². The second-order valence-corrected chi connectivity index (χ2v) is 6.08. The van der Waals surface area contributed by atoms with Crippen molar-refractivity contribution in [3.05, 3.63) is 29.3 Å². The highest BCUT2D eigenvalue weighted by Gasteiger charge is 2.33. The molecule has 20 heavy (non-hydrogen) atoms. The van der Waals surface area contributed by atoms with E-state index >= 15 is 0 Å². The minimum absolute atomic E-state index is 0.0974. The molecule has 0 unspecified atom stereocenters. The molecule has 0 amide bonds. The molecule has 0 atom stereocenters. The fourth-order valence-corrected chi connectivity index (χ4v) is 2.64. The van der Waals surface area contributed by atoms with E-state index in [9.17, 15) is 13.2 Å². The molecule has 0 saturated carbocycles. The summed E-state index contributed by atoms with van der Waals surface area (Å²) in [6.07, 6.45) is -3.36. The summed E-state index contributed by atoms with van der Waals surface area (Å²) in [6.45, 7) is 8.01. The van der Waals surface area contributed by atoms with Crippen LogP contribution in [0.1, 0.15) is 31.4 Å². The Morgan fingerprint density at radius 2 is 1.95 bits per heavy atom. The molecule has 0 bridgehead atoms. The Labute approximate surface area is 118 Å². The van der Waals surface area contributed by atoms with Gasteiger partial charge in [0.25, 0.3) is 0 Å². The molecule has 1 N–H and O–H groups in total. The Morgan fingerprint density at radius 1 is 1.25 bits per heavy atom. The Morgan fingerprint density at radius 3 is 2.60 bits per heavy atom. The van der Waals surface area contributed by atoms with Crippen LogP contribution in [0.25, 0.3) is 0 Å². The van der Waals surface area contributed by atoms with E-state index in [1.54, 1.807) is 12.1 Å². The largest absolute Gasteiger partial charge is 0.416 e. The van der Waals surface area contributed by atoms with Gasteiger partial charge in [0.15, 0.2) is 0 Å². The van der Waals surface area contributed by atoms with Crippen molar-refractivity contribution in [1.29, 1.82) is 0 Å². The number of nitrogens with one attached hydrogen (secondary N) is 1. The predicted octanol–water partition coefficient (Wildman–Crippen LogP) is 3.59. The number of rotatable bonds is 1. The Balaban J connectivity index is 2.33. The fourth-order valence-electron chi connectivity index (χ4n) is 2.64. The van der Waals surface area contributed by atoms with Crippen molar-refractivity contribution in [3.63, 3.8) is 0 Å². The van der Waals surface area contributed by atoms with Gasteiger partial charge in [0.2, 0.25) is 0 Å². The van der Waals surface area contributed by atoms with E-state index in [2.05, 4.69) is 19.2 Å². The van der Waals surface area contributed by atoms with Crippen LogP contribution in [0.5, 0.6) is 0 Å². The summed E-state index contributed by atoms with van der Waals surface area (Å²) in [5.41, 5.74) is 0.290. The minimum atomic E-state index is -4.29. The molecule has 1 aromatic rings. The number of aryl methyl sites for hydroxylation is 1. The molecule has 0 radical (unpaired) electrons. The lowest BCUT2D eigenvalue weighted by Gasteiger charge is -2.32. The van der Waals surface area contributed by atoms with Crippen molar-refractivity contribution in [2.24, 2.45) is 0 Å². The van der Waals surface area contributed by atoms with Gasteiger partial charge in [0.1, 0.15) is 0 Å². The molecular formula is C15H21F3N2. The summed E-state index contributed by atoms with van der Waals surface area (Å²) >= 11 is 0. The van der Waals surface area contributed by atoms with Crippen molar-refractivity contribution in [1.82, 2.24) is 5.32 Å². The maximum absolute atomic E-state index is 13.0. The first-order valence-electron chi connectivity index (χ1n) is 6.87. The second kappa shape index (κ2) is 5.28. The van der Waals surface area contributed by atoms with Crippen LogP contribution in [0.2, 0.25) is 0 Å². The van der Waals surface area contributed by atoms with Crippen LogP contribution in [0.3, 0.4) is 0 Å². The van der Waals surface area contributed by atoms with Gasteiger partial charge in [-0.1, -0.05) is 6.07 Å². The van der Waals surface area contributed by atoms with Crippen LogP contribution in [0, 0.1) is 6.92 Å². The van der Waals surface area contributed by atoms with Gasteiger partial charge in [-0.25, -0.2) is 0 Å². The summed E-state index contributed by atoms with van der Waals surface area (Å²) in [4.78, 5) is 2.04. The van der Waals surface area contributed by atoms with Crippen LogP contribution in [-0.2, 0) is 6.18 Å². The lowest BCUT2D eigenvalue weighted by atomic mass is 10.0. The molecule has 1 aliphatic rings. The van der Waals surface area contributed by atoms with Gasteiger partial charge in [-0.05, 0) is 51.4 Å². The molecule has 0 aromatic heterocycles. The summed E-state index contributed by atoms with van der Waals surface area (Å²) in [5.74, 6) is 0. The molecule has 1 heterocycles. The van der Waals surface area contributed by atoms with Gasteiger partial charge in [0, 0.05) is 24.3 Å². The van der Waals surface area contributed by atoms with Gasteiger partial charge < -0.3 is 10.2 Å². The first-order chi connectivity index (χ1) is 9.19. The third-order valence-electron chi connectivity index (χ3n) is 3.69. The highest BCUT2D eigenvalue weighted by Crippen LogP contribution is 2.34. The van der Waals surface area contributed by atoms with E-state index in [4.69, 9.17) is 0 Å². The van der Waals surface area contributed by atoms with Crippen molar-refractivity contribution >= 4 is 5.69 Å². The summed E-state index contributed by atoms with van der Waals surface area (Å²) in [5, 5.41) is 3.41. The fraction of sp³-hybridized carbons (Fsp3) is 0.600. The number of nitrogens with zero attached hydrogens (tertiary/aromatic N) is 1. The summed E-state index contributed by atoms with van der Waals surface area (Å²) in [7, 11) is 0. The molecule has 2 rings (SSSR count). The van der Waals surface area contributed by atoms with Gasteiger partial charge >= 0.3 is 6.18 Å². The number of hydrogen-bond acceptors (Lipinski definition) is 2. The molecule has 1 fully saturated rings. The number of benzene rings is 1. The molecule has 1 aromatic carbocycles. The maximum atomic E-state index is 13.0. The van der Waals surface area contributed by atoms with Crippen LogP contribution < -0.4 is 10.2 Å². The average molecular weight is 286 g/mol. The lowest BCUT2D eigenvalue weighted by molar-refractivity contribution is -0.138. The van der Waals surface area contributed by atoms with Gasteiger partial charge in [0.05, 0.1) is 5.56 Å². The van der Waals surface area contributed by atoms with E-state index in [0.29, 0.717) is 12.2 Å². The third kappa shape index (κ3) is 3.45. The van der Waals surface area contributed by atoms with Crippen LogP contribution in [0.4, 0.5) is 18.9 Å². The molecule has 112 valence electrons. The number of hydrogen-bond donors (Lipinski definition) is 1. The van der Waals surface area contributed by atoms with Crippen LogP contribution >= 0.6 is 0 Å². The lowest BCUT2D eigenvalue weighted by Crippen LogP contribution is -2.46. The Kier molecular flexibility index (Phi) is 4.00. The predicted molar refractivity (Wildman–Crippen MR) is 75.1 cm³/mol. The number of halogens is 3. The zero-order valence-electron chi connectivity index (χ0n) is 12.1. The topological polar surface area (TPSA) is 15.3 Å². The SMILES string of the molecule is Cc1ccc(N2CCCNC(C)(C)C2)cc1C(F)(F)F. The summed E-state index contributed by atoms with van der Waals surface area (Å²) in [6, 6.07) is 4.62. The quantitative estimate of drug-likeness (QED) is 0.848. The zero-order chi connectivity index (χ0) is 15.0. The zero-order valence-corrected chi connectivity index (χ0v) is 12.1. The monoisotopic (exact) mass is 286 g/mol. The standard InChI is InChI=1S/C15H21F3N2/c1-11-5-6-12(9-13(11)15(16,17)18)20-8-4-7-19-14(2,3)10-20/h5-6,9,19H,4,7-8,10H2,1-3H3. The smallest absolute Gasteiger partial charge is 0.370 e. The molecule has 1 saturated heterocycles. The van der Waals surface area contributed by atoms with Crippen molar-refractivity contribution < 1.29 is 13.2 Å². The van der Waals surface area contributed by atoms with Crippen molar-refractivity contribution in [2.45, 2.75) is 38.9 Å². The van der Waals surface area contributed by atoms with Gasteiger partial charge in [-0.2, -0.15) is 13.2 Å². The van der Waals surface area contributed by atoms with E-state index in [-0.39, 0.29) is 11.1 Å². The Hall–Kier alpha value is -1.23. The summed E-state index contributed by atoms with van der Waals surface area (Å²) < 4.78 is 39.0. The minimum Gasteiger partial charge on any atom is -0.370 e. The van der Waals surface area contributed by atoms with Gasteiger partial charge in [-0.15, -0.1) is 0 Å². The van der Waals surface area contributed by atoms with E-state index < -0.39 is 11.7 Å². The molecule has 1 aliphatic heterocycles. The van der Waals surface area contributed by atoms with Crippen molar-refractivity contribution in [3.8, 4) is 0 Å². The van der Waals surface area contributed by atoms with Crippen LogP contribution in [0.15, 0.2) is 18.2 Å². The highest BCUT2D eigenvalue weighted by atomic mass is 19.4. The van der Waals surface area contributed by atoms with E-state index in [1.807, 2.05) is 4.90 Å². The van der Waals surface area contributed by atoms with E-state index in [0.717, 1.165) is 19.5 Å². The number of anilines is 1. The van der Waals surface area contributed by atoms with Gasteiger partial charge in [-0.3, -0.25) is 0 Å². The van der Waals surface area contributed by atoms with Crippen molar-refractivity contribution in [2.75, 3.05) is 24.5 Å². The molecule has 2 nitrogen and oxygen atoms in total. The number of alkyl halides is 3. The third-order valence-corrected chi connectivity index (χ3v) is 3.69. The molecule has 0 aliphatic carbocycles. The molecule has 5 heteroatoms.